The molecule has 1 aliphatic rings. The van der Waals surface area contributed by atoms with Gasteiger partial charge in [-0.05, 0) is 38.2 Å². The van der Waals surface area contributed by atoms with Crippen LogP contribution in [0.5, 0.6) is 0 Å². The molecule has 1 heterocycles. The highest BCUT2D eigenvalue weighted by Gasteiger charge is 2.34. The Morgan fingerprint density at radius 3 is 3.05 bits per heavy atom. The fourth-order valence-corrected chi connectivity index (χ4v) is 3.10. The average Bonchev–Trinajstić information content (AvgIpc) is 2.93. The van der Waals surface area contributed by atoms with Crippen molar-refractivity contribution in [3.8, 4) is 0 Å². The summed E-state index contributed by atoms with van der Waals surface area (Å²) >= 11 is 0. The molecule has 3 unspecified atom stereocenters. The number of ether oxygens (including phenoxy) is 1. The number of nitrogens with zero attached hydrogens (tertiary/aromatic N) is 2. The fraction of sp³-hybridized carbons (Fsp3) is 0.812. The van der Waals surface area contributed by atoms with Crippen molar-refractivity contribution in [3.63, 3.8) is 0 Å². The van der Waals surface area contributed by atoms with Crippen molar-refractivity contribution in [1.29, 1.82) is 0 Å². The standard InChI is InChI=1S/C16H29N3O/c1-4-14(3)19-9-7-15(18-19)11-20-16(12-17)8-5-6-13(2)10-16/h7,9,13-14H,4-6,8,10-12,17H2,1-3H3. The maximum absolute atomic E-state index is 6.20. The van der Waals surface area contributed by atoms with Crippen LogP contribution in [0.1, 0.15) is 64.6 Å². The number of hydrogen-bond acceptors (Lipinski definition) is 3. The van der Waals surface area contributed by atoms with E-state index in [4.69, 9.17) is 10.5 Å². The van der Waals surface area contributed by atoms with Crippen LogP contribution in [-0.2, 0) is 11.3 Å². The van der Waals surface area contributed by atoms with Crippen LogP contribution in [0, 0.1) is 5.92 Å². The third-order valence-corrected chi connectivity index (χ3v) is 4.65. The topological polar surface area (TPSA) is 53.1 Å². The van der Waals surface area contributed by atoms with Crippen LogP contribution < -0.4 is 5.73 Å². The first-order valence-corrected chi connectivity index (χ1v) is 7.96. The van der Waals surface area contributed by atoms with E-state index >= 15 is 0 Å². The SMILES string of the molecule is CCC(C)n1ccc(COC2(CN)CCCC(C)C2)n1. The molecule has 4 nitrogen and oxygen atoms in total. The second-order valence-corrected chi connectivity index (χ2v) is 6.42. The number of aromatic nitrogens is 2. The third-order valence-electron chi connectivity index (χ3n) is 4.65. The van der Waals surface area contributed by atoms with Crippen LogP contribution in [0.25, 0.3) is 0 Å². The molecular formula is C16H29N3O. The van der Waals surface area contributed by atoms with Crippen LogP contribution >= 0.6 is 0 Å². The summed E-state index contributed by atoms with van der Waals surface area (Å²) in [5.74, 6) is 0.713. The first kappa shape index (κ1) is 15.5. The lowest BCUT2D eigenvalue weighted by atomic mass is 9.79. The smallest absolute Gasteiger partial charge is 0.0914 e. The fourth-order valence-electron chi connectivity index (χ4n) is 3.10. The van der Waals surface area contributed by atoms with Gasteiger partial charge in [-0.15, -0.1) is 0 Å². The highest BCUT2D eigenvalue weighted by atomic mass is 16.5. The van der Waals surface area contributed by atoms with E-state index in [2.05, 4.69) is 31.9 Å². The summed E-state index contributed by atoms with van der Waals surface area (Å²) in [6.07, 6.45) is 7.82. The Morgan fingerprint density at radius 2 is 2.40 bits per heavy atom. The highest BCUT2D eigenvalue weighted by molar-refractivity contribution is 4.99. The Bertz CT molecular complexity index is 418. The predicted octanol–water partition coefficient (Wildman–Crippen LogP) is 3.28. The zero-order chi connectivity index (χ0) is 14.6. The molecule has 20 heavy (non-hydrogen) atoms. The Hall–Kier alpha value is -0.870. The van der Waals surface area contributed by atoms with E-state index in [-0.39, 0.29) is 5.60 Å². The van der Waals surface area contributed by atoms with Crippen LogP contribution in [0.2, 0.25) is 0 Å². The van der Waals surface area contributed by atoms with Gasteiger partial charge in [-0.1, -0.05) is 26.7 Å². The minimum atomic E-state index is -0.127. The molecule has 114 valence electrons. The van der Waals surface area contributed by atoms with Crippen molar-refractivity contribution in [2.45, 2.75) is 71.1 Å². The number of rotatable bonds is 6. The summed E-state index contributed by atoms with van der Waals surface area (Å²) in [5.41, 5.74) is 6.87. The van der Waals surface area contributed by atoms with Gasteiger partial charge in [-0.3, -0.25) is 4.68 Å². The van der Waals surface area contributed by atoms with Gasteiger partial charge in [0.15, 0.2) is 0 Å². The molecule has 0 spiro atoms. The molecule has 0 bridgehead atoms. The molecule has 2 N–H and O–H groups in total. The Kier molecular flexibility index (Phi) is 5.22. The van der Waals surface area contributed by atoms with Gasteiger partial charge in [0.1, 0.15) is 0 Å². The van der Waals surface area contributed by atoms with E-state index in [1.165, 1.54) is 12.8 Å². The number of nitrogens with two attached hydrogens (primary N) is 1. The Morgan fingerprint density at radius 1 is 1.60 bits per heavy atom. The van der Waals surface area contributed by atoms with Gasteiger partial charge in [0, 0.05) is 18.8 Å². The van der Waals surface area contributed by atoms with Crippen molar-refractivity contribution in [1.82, 2.24) is 9.78 Å². The normalized spacial score (nSPS) is 28.5. The molecule has 1 aliphatic carbocycles. The van der Waals surface area contributed by atoms with E-state index in [9.17, 15) is 0 Å². The lowest BCUT2D eigenvalue weighted by molar-refractivity contribution is -0.0851. The monoisotopic (exact) mass is 279 g/mol. The zero-order valence-corrected chi connectivity index (χ0v) is 13.1. The molecule has 1 aromatic rings. The second-order valence-electron chi connectivity index (χ2n) is 6.42. The first-order valence-electron chi connectivity index (χ1n) is 7.96. The van der Waals surface area contributed by atoms with Gasteiger partial charge < -0.3 is 10.5 Å². The average molecular weight is 279 g/mol. The minimum absolute atomic E-state index is 0.127. The largest absolute Gasteiger partial charge is 0.367 e. The molecule has 1 saturated carbocycles. The molecule has 1 aromatic heterocycles. The van der Waals surface area contributed by atoms with E-state index in [1.807, 2.05) is 10.9 Å². The summed E-state index contributed by atoms with van der Waals surface area (Å²) in [5, 5.41) is 4.60. The van der Waals surface area contributed by atoms with Crippen LogP contribution in [0.15, 0.2) is 12.3 Å². The molecule has 2 rings (SSSR count). The molecule has 0 aromatic carbocycles. The Balaban J connectivity index is 1.94. The van der Waals surface area contributed by atoms with Gasteiger partial charge in [0.25, 0.3) is 0 Å². The maximum Gasteiger partial charge on any atom is 0.0914 e. The van der Waals surface area contributed by atoms with Crippen LogP contribution in [0.3, 0.4) is 0 Å². The maximum atomic E-state index is 6.20. The molecular weight excluding hydrogens is 250 g/mol. The van der Waals surface area contributed by atoms with E-state index in [0.29, 0.717) is 25.1 Å². The van der Waals surface area contributed by atoms with Crippen molar-refractivity contribution >= 4 is 0 Å². The predicted molar refractivity (Wildman–Crippen MR) is 81.4 cm³/mol. The first-order chi connectivity index (χ1) is 9.58. The van der Waals surface area contributed by atoms with Crippen molar-refractivity contribution in [3.05, 3.63) is 18.0 Å². The van der Waals surface area contributed by atoms with Crippen molar-refractivity contribution in [2.24, 2.45) is 11.7 Å². The van der Waals surface area contributed by atoms with E-state index < -0.39 is 0 Å². The van der Waals surface area contributed by atoms with Crippen molar-refractivity contribution in [2.75, 3.05) is 6.54 Å². The van der Waals surface area contributed by atoms with E-state index in [0.717, 1.165) is 25.0 Å². The lowest BCUT2D eigenvalue weighted by Gasteiger charge is -2.39. The van der Waals surface area contributed by atoms with Gasteiger partial charge in [0.2, 0.25) is 0 Å². The van der Waals surface area contributed by atoms with Crippen LogP contribution in [-0.4, -0.2) is 21.9 Å². The van der Waals surface area contributed by atoms with E-state index in [1.54, 1.807) is 0 Å². The van der Waals surface area contributed by atoms with Gasteiger partial charge in [0.05, 0.1) is 17.9 Å². The molecule has 3 atom stereocenters. The summed E-state index contributed by atoms with van der Waals surface area (Å²) < 4.78 is 8.23. The van der Waals surface area contributed by atoms with Crippen molar-refractivity contribution < 1.29 is 4.74 Å². The van der Waals surface area contributed by atoms with Gasteiger partial charge in [-0.2, -0.15) is 5.10 Å². The molecule has 1 fully saturated rings. The van der Waals surface area contributed by atoms with Gasteiger partial charge in [-0.25, -0.2) is 0 Å². The second kappa shape index (κ2) is 6.72. The molecule has 4 heteroatoms. The molecule has 0 aliphatic heterocycles. The zero-order valence-electron chi connectivity index (χ0n) is 13.1. The summed E-state index contributed by atoms with van der Waals surface area (Å²) in [7, 11) is 0. The highest BCUT2D eigenvalue weighted by Crippen LogP contribution is 2.35. The summed E-state index contributed by atoms with van der Waals surface area (Å²) in [4.78, 5) is 0. The van der Waals surface area contributed by atoms with Crippen LogP contribution in [0.4, 0.5) is 0 Å². The molecule has 0 radical (unpaired) electrons. The third kappa shape index (κ3) is 3.61. The van der Waals surface area contributed by atoms with Gasteiger partial charge >= 0.3 is 0 Å². The molecule has 0 saturated heterocycles. The molecule has 0 amide bonds. The summed E-state index contributed by atoms with van der Waals surface area (Å²) in [6, 6.07) is 2.50. The lowest BCUT2D eigenvalue weighted by Crippen LogP contribution is -2.44. The number of hydrogen-bond donors (Lipinski definition) is 1. The summed E-state index contributed by atoms with van der Waals surface area (Å²) in [6.45, 7) is 7.85. The Labute approximate surface area is 122 Å². The minimum Gasteiger partial charge on any atom is -0.367 e. The quantitative estimate of drug-likeness (QED) is 0.869.